The van der Waals surface area contributed by atoms with Crippen LogP contribution in [0.3, 0.4) is 0 Å². The number of rotatable bonds is 9. The van der Waals surface area contributed by atoms with Crippen LogP contribution in [0.2, 0.25) is 0 Å². The Labute approximate surface area is 613 Å². The molecule has 4 saturated carbocycles. The quantitative estimate of drug-likeness (QED) is 0.172. The van der Waals surface area contributed by atoms with Crippen molar-refractivity contribution in [1.29, 1.82) is 0 Å². The van der Waals surface area contributed by atoms with Crippen molar-refractivity contribution < 1.29 is 101 Å². The molecule has 12 amide bonds. The molecule has 106 heavy (non-hydrogen) atoms. The molecular formula is C72H108F10N12O12. The Balaban J connectivity index is 1.32. The molecule has 0 aromatic carbocycles. The topological polar surface area (TPSA) is 270 Å². The molecule has 1 spiro atoms. The predicted molar refractivity (Wildman–Crippen MR) is 366 cm³/mol. The highest BCUT2D eigenvalue weighted by molar-refractivity contribution is 6.01. The lowest BCUT2D eigenvalue weighted by atomic mass is 9.58. The third kappa shape index (κ3) is 20.1. The van der Waals surface area contributed by atoms with Crippen molar-refractivity contribution >= 4 is 70.9 Å². The van der Waals surface area contributed by atoms with Gasteiger partial charge < -0.3 is 60.0 Å². The third-order valence-corrected chi connectivity index (χ3v) is 23.4. The second-order valence-electron chi connectivity index (χ2n) is 32.1. The van der Waals surface area contributed by atoms with E-state index in [1.165, 1.54) is 56.3 Å². The van der Waals surface area contributed by atoms with E-state index in [1.807, 2.05) is 0 Å². The van der Waals surface area contributed by atoms with Gasteiger partial charge in [0.2, 0.25) is 70.9 Å². The molecule has 2 bridgehead atoms. The summed E-state index contributed by atoms with van der Waals surface area (Å²) in [6, 6.07) is -12.8. The third-order valence-electron chi connectivity index (χ3n) is 23.4. The number of likely N-dealkylation sites (N-methyl/N-ethyl adjacent to an activating group) is 7. The Kier molecular flexibility index (Phi) is 28.0. The molecular weight excluding hydrogens is 1410 g/mol. The van der Waals surface area contributed by atoms with E-state index in [1.54, 1.807) is 39.8 Å². The first-order valence-corrected chi connectivity index (χ1v) is 36.9. The maximum absolute atomic E-state index is 16.2. The molecule has 2 unspecified atom stereocenters. The van der Waals surface area contributed by atoms with E-state index in [9.17, 15) is 55.1 Å². The fourth-order valence-corrected chi connectivity index (χ4v) is 17.0. The predicted octanol–water partition coefficient (Wildman–Crippen LogP) is 6.19. The second-order valence-corrected chi connectivity index (χ2v) is 32.1. The first-order valence-electron chi connectivity index (χ1n) is 36.9. The average molecular weight is 1520 g/mol. The van der Waals surface area contributed by atoms with Crippen molar-refractivity contribution in [3.63, 3.8) is 0 Å². The molecule has 598 valence electrons. The summed E-state index contributed by atoms with van der Waals surface area (Å²) in [6.07, 6.45) is -16.2. The Hall–Kier alpha value is -7.32. The molecule has 3 heterocycles. The number of carbonyl (C=O) groups is 12. The number of fused-ring (bicyclic) bond motifs is 3. The van der Waals surface area contributed by atoms with Gasteiger partial charge in [0.25, 0.3) is 5.92 Å². The molecule has 11 atom stereocenters. The van der Waals surface area contributed by atoms with E-state index < -0.39 is 254 Å². The van der Waals surface area contributed by atoms with Crippen LogP contribution in [0.15, 0.2) is 12.2 Å². The van der Waals surface area contributed by atoms with Crippen molar-refractivity contribution in [3.8, 4) is 0 Å². The smallest absolute Gasteiger partial charge is 0.347 e. The first kappa shape index (κ1) is 85.9. The van der Waals surface area contributed by atoms with Crippen LogP contribution in [0, 0.1) is 40.9 Å². The number of nitrogens with one attached hydrogen (secondary N) is 3. The van der Waals surface area contributed by atoms with Crippen LogP contribution in [0.5, 0.6) is 0 Å². The summed E-state index contributed by atoms with van der Waals surface area (Å²) in [5.74, 6) is -22.9. The van der Waals surface area contributed by atoms with Gasteiger partial charge >= 0.3 is 12.4 Å². The largest absolute Gasteiger partial charge is 0.397 e. The fourth-order valence-electron chi connectivity index (χ4n) is 17.0. The van der Waals surface area contributed by atoms with Gasteiger partial charge in [-0.25, -0.2) is 17.6 Å². The number of hydrogen-bond acceptors (Lipinski definition) is 12. The van der Waals surface area contributed by atoms with Gasteiger partial charge in [-0.1, -0.05) is 59.1 Å². The van der Waals surface area contributed by atoms with Crippen molar-refractivity contribution in [2.45, 2.75) is 248 Å². The number of amides is 12. The lowest BCUT2D eigenvalue weighted by molar-refractivity contribution is -0.219. The van der Waals surface area contributed by atoms with E-state index in [-0.39, 0.29) is 64.3 Å². The summed E-state index contributed by atoms with van der Waals surface area (Å²) >= 11 is 0. The molecule has 24 nitrogen and oxygen atoms in total. The normalized spacial score (nSPS) is 32.6. The minimum atomic E-state index is -5.28. The summed E-state index contributed by atoms with van der Waals surface area (Å²) in [5.41, 5.74) is -2.71. The molecule has 7 aliphatic rings. The van der Waals surface area contributed by atoms with E-state index >= 15 is 46.3 Å². The molecule has 7 rings (SSSR count). The first-order chi connectivity index (χ1) is 49.2. The number of nitrogens with zero attached hydrogens (tertiary/aromatic N) is 9. The lowest BCUT2D eigenvalue weighted by Crippen LogP contribution is -2.71. The number of carbonyl (C=O) groups excluding carboxylic acids is 12. The second kappa shape index (κ2) is 34.5. The summed E-state index contributed by atoms with van der Waals surface area (Å²) in [6.45, 7) is 4.86. The van der Waals surface area contributed by atoms with Gasteiger partial charge in [-0.3, -0.25) is 57.5 Å². The van der Waals surface area contributed by atoms with Crippen LogP contribution in [0.1, 0.15) is 163 Å². The molecule has 0 aromatic heterocycles. The number of alkyl halides is 10. The molecule has 4 aliphatic carbocycles. The molecule has 0 aromatic rings. The van der Waals surface area contributed by atoms with E-state index in [2.05, 4.69) is 16.0 Å². The van der Waals surface area contributed by atoms with E-state index in [0.717, 1.165) is 46.2 Å². The van der Waals surface area contributed by atoms with Gasteiger partial charge in [0.05, 0.1) is 32.0 Å². The minimum Gasteiger partial charge on any atom is -0.347 e. The van der Waals surface area contributed by atoms with E-state index in [4.69, 9.17) is 0 Å². The highest BCUT2D eigenvalue weighted by Gasteiger charge is 2.61. The van der Waals surface area contributed by atoms with Crippen LogP contribution < -0.4 is 16.0 Å². The van der Waals surface area contributed by atoms with Gasteiger partial charge in [-0.05, 0) is 132 Å². The van der Waals surface area contributed by atoms with Gasteiger partial charge in [0.1, 0.15) is 72.1 Å². The zero-order valence-electron chi connectivity index (χ0n) is 63.1. The standard InChI is InChI=1S/C72H108F10N12O12/c1-14-40(2)57-65(104)88(9)36-55(97)90(11)49-22-16-15-19-29-93(64(49)103)51(32-42-23-26-45(27-24-42)71(77,78)79)63(102)87(8)35-53(95)83-48(28-25-43-30-46(73)56(47(74)31-43)72(80,81)82)61(100)94-39-70(75,76)34-52(94)60(99)85-69(37-68(4,5)38-69)67(106)92(13)58(44-20-17-18-21-44)66(105)91(12)50(62(101)86(6)7)33-54(96)89(10)41(3)59(98)84-57/h15-16,40-52,56-58H,14,17-39H2,1-13H3,(H,83,95)(H,84,98)(H,85,99)/b16-15-/t40-,41-,42?,43?,45?,46?,47?,48-,49-,50-,51-,52-,56?,57-,58-/m0/s1. The molecule has 34 heteroatoms. The summed E-state index contributed by atoms with van der Waals surface area (Å²) in [7, 11) is 10.3. The summed E-state index contributed by atoms with van der Waals surface area (Å²) < 4.78 is 147. The van der Waals surface area contributed by atoms with Crippen molar-refractivity contribution in [1.82, 2.24) is 60.0 Å². The molecule has 6 fully saturated rings. The van der Waals surface area contributed by atoms with Crippen LogP contribution in [0.4, 0.5) is 43.9 Å². The lowest BCUT2D eigenvalue weighted by Gasteiger charge is -2.54. The highest BCUT2D eigenvalue weighted by atomic mass is 19.4. The van der Waals surface area contributed by atoms with Crippen LogP contribution in [-0.2, 0) is 57.5 Å². The van der Waals surface area contributed by atoms with Crippen LogP contribution in [0.25, 0.3) is 0 Å². The fraction of sp³-hybridized carbons (Fsp3) is 0.806. The summed E-state index contributed by atoms with van der Waals surface area (Å²) in [4.78, 5) is 188. The monoisotopic (exact) mass is 1520 g/mol. The van der Waals surface area contributed by atoms with E-state index in [0.29, 0.717) is 37.0 Å². The Morgan fingerprint density at radius 3 is 1.81 bits per heavy atom. The number of hydrogen-bond donors (Lipinski definition) is 3. The summed E-state index contributed by atoms with van der Waals surface area (Å²) in [5, 5.41) is 7.79. The molecule has 3 aliphatic heterocycles. The minimum absolute atomic E-state index is 0.0533. The zero-order chi connectivity index (χ0) is 79.4. The van der Waals surface area contributed by atoms with Crippen molar-refractivity contribution in [2.75, 3.05) is 82.6 Å². The van der Waals surface area contributed by atoms with Crippen LogP contribution >= 0.6 is 0 Å². The average Bonchev–Trinajstić information content (AvgIpc) is 0.936. The Morgan fingerprint density at radius 2 is 1.25 bits per heavy atom. The maximum Gasteiger partial charge on any atom is 0.397 e. The zero-order valence-corrected chi connectivity index (χ0v) is 63.1. The molecule has 2 saturated heterocycles. The highest BCUT2D eigenvalue weighted by Crippen LogP contribution is 2.51. The SMILES string of the molecule is CC[C@H](C)[C@@H]1NC(=O)[C@H](C)N(C)C(=O)C[C@@H](C(=O)N(C)C)N(C)C(=O)[C@H](C2CCCC2)N(C)C(=O)C2(CC(C)(C)C2)NC(=O)[C@@H]2CC(F)(F)CN2C(=O)[C@H](CCC2CC(F)C(C(F)(F)F)C(F)C2)NC(=O)CN(C)C(=O)[C@H](CC2CCC(C(F)(F)F)CC2)N2CC/C=C\C[C@@H](C2=O)N(C)C(=O)CN(C)C1=O. The van der Waals surface area contributed by atoms with Gasteiger partial charge in [0.15, 0.2) is 0 Å². The molecule has 3 N–H and O–H groups in total. The number of halogens is 10. The maximum atomic E-state index is 16.2. The van der Waals surface area contributed by atoms with Gasteiger partial charge in [-0.2, -0.15) is 26.3 Å². The Morgan fingerprint density at radius 1 is 0.660 bits per heavy atom. The van der Waals surface area contributed by atoms with Gasteiger partial charge in [0, 0.05) is 69.3 Å². The van der Waals surface area contributed by atoms with Crippen LogP contribution in [-0.4, -0.2) is 282 Å². The van der Waals surface area contributed by atoms with Gasteiger partial charge in [-0.15, -0.1) is 0 Å². The Bertz CT molecular complexity index is 3250. The van der Waals surface area contributed by atoms with Crippen molar-refractivity contribution in [2.24, 2.45) is 40.9 Å². The van der Waals surface area contributed by atoms with Crippen molar-refractivity contribution in [3.05, 3.63) is 12.2 Å². The molecule has 0 radical (unpaired) electrons.